The van der Waals surface area contributed by atoms with Gasteiger partial charge in [0.1, 0.15) is 18.4 Å². The van der Waals surface area contributed by atoms with Crippen molar-refractivity contribution in [2.24, 2.45) is 0 Å². The highest BCUT2D eigenvalue weighted by atomic mass is 16.7. The Bertz CT molecular complexity index is 1180. The van der Waals surface area contributed by atoms with Gasteiger partial charge in [0, 0.05) is 35.2 Å². The van der Waals surface area contributed by atoms with Crippen LogP contribution in [0.15, 0.2) is 72.8 Å². The fraction of sp³-hybridized carbons (Fsp3) is 0.200. The van der Waals surface area contributed by atoms with E-state index in [4.69, 9.17) is 14.2 Å². The SMILES string of the molecule is O=C(N[C@@H](Cc1ccccc1)C(=O)OCc1cc([N+](=O)[O-])cc2c1OCOC2)c1ccccc1. The van der Waals surface area contributed by atoms with Crippen molar-refractivity contribution < 1.29 is 28.7 Å². The van der Waals surface area contributed by atoms with E-state index in [0.717, 1.165) is 5.56 Å². The molecular formula is C25H22N2O7. The molecular weight excluding hydrogens is 440 g/mol. The van der Waals surface area contributed by atoms with Crippen LogP contribution >= 0.6 is 0 Å². The summed E-state index contributed by atoms with van der Waals surface area (Å²) in [5, 5.41) is 14.1. The normalized spacial score (nSPS) is 13.2. The number of benzene rings is 3. The first-order chi connectivity index (χ1) is 16.5. The second-order valence-electron chi connectivity index (χ2n) is 7.65. The maximum Gasteiger partial charge on any atom is 0.329 e. The van der Waals surface area contributed by atoms with Gasteiger partial charge in [0.05, 0.1) is 11.5 Å². The van der Waals surface area contributed by atoms with Crippen molar-refractivity contribution in [3.05, 3.63) is 105 Å². The van der Waals surface area contributed by atoms with Crippen molar-refractivity contribution in [3.63, 3.8) is 0 Å². The number of nitrogens with one attached hydrogen (secondary N) is 1. The zero-order valence-corrected chi connectivity index (χ0v) is 18.1. The molecule has 1 heterocycles. The third-order valence-corrected chi connectivity index (χ3v) is 5.26. The van der Waals surface area contributed by atoms with E-state index in [1.165, 1.54) is 12.1 Å². The smallest absolute Gasteiger partial charge is 0.329 e. The molecule has 1 aliphatic heterocycles. The number of carbonyl (C=O) groups is 2. The number of esters is 1. The summed E-state index contributed by atoms with van der Waals surface area (Å²) >= 11 is 0. The van der Waals surface area contributed by atoms with E-state index in [0.29, 0.717) is 22.4 Å². The Morgan fingerprint density at radius 3 is 2.47 bits per heavy atom. The third kappa shape index (κ3) is 5.57. The molecule has 0 fully saturated rings. The number of ether oxygens (including phenoxy) is 3. The number of nitro benzene ring substituents is 1. The minimum absolute atomic E-state index is 0.00444. The van der Waals surface area contributed by atoms with E-state index in [1.807, 2.05) is 30.3 Å². The van der Waals surface area contributed by atoms with Crippen molar-refractivity contribution in [3.8, 4) is 5.75 Å². The molecule has 9 nitrogen and oxygen atoms in total. The molecule has 34 heavy (non-hydrogen) atoms. The van der Waals surface area contributed by atoms with E-state index in [9.17, 15) is 19.7 Å². The molecule has 0 unspecified atom stereocenters. The Morgan fingerprint density at radius 1 is 1.06 bits per heavy atom. The van der Waals surface area contributed by atoms with Gasteiger partial charge in [0.25, 0.3) is 11.6 Å². The molecule has 0 aromatic heterocycles. The number of hydrogen-bond acceptors (Lipinski definition) is 7. The van der Waals surface area contributed by atoms with E-state index in [2.05, 4.69) is 5.32 Å². The molecule has 3 aromatic rings. The fourth-order valence-corrected chi connectivity index (χ4v) is 3.62. The van der Waals surface area contributed by atoms with E-state index in [-0.39, 0.29) is 32.1 Å². The van der Waals surface area contributed by atoms with Gasteiger partial charge in [0.15, 0.2) is 6.79 Å². The monoisotopic (exact) mass is 462 g/mol. The first kappa shape index (κ1) is 22.9. The zero-order chi connectivity index (χ0) is 23.9. The molecule has 9 heteroatoms. The van der Waals surface area contributed by atoms with Crippen molar-refractivity contribution >= 4 is 17.6 Å². The van der Waals surface area contributed by atoms with Crippen LogP contribution < -0.4 is 10.1 Å². The average Bonchev–Trinajstić information content (AvgIpc) is 2.87. The largest absolute Gasteiger partial charge is 0.467 e. The fourth-order valence-electron chi connectivity index (χ4n) is 3.62. The number of non-ortho nitro benzene ring substituents is 1. The van der Waals surface area contributed by atoms with Crippen LogP contribution in [0.2, 0.25) is 0 Å². The number of hydrogen-bond donors (Lipinski definition) is 1. The molecule has 0 radical (unpaired) electrons. The van der Waals surface area contributed by atoms with Gasteiger partial charge in [-0.2, -0.15) is 0 Å². The molecule has 0 aliphatic carbocycles. The summed E-state index contributed by atoms with van der Waals surface area (Å²) in [6.45, 7) is -0.105. The summed E-state index contributed by atoms with van der Waals surface area (Å²) in [5.41, 5.74) is 1.95. The van der Waals surface area contributed by atoms with Crippen LogP contribution in [0.5, 0.6) is 5.75 Å². The minimum Gasteiger partial charge on any atom is -0.467 e. The maximum atomic E-state index is 13.0. The quantitative estimate of drug-likeness (QED) is 0.309. The first-order valence-electron chi connectivity index (χ1n) is 10.6. The molecule has 4 rings (SSSR count). The second-order valence-corrected chi connectivity index (χ2v) is 7.65. The highest BCUT2D eigenvalue weighted by Gasteiger charge is 2.26. The number of amides is 1. The van der Waals surface area contributed by atoms with E-state index in [1.54, 1.807) is 30.3 Å². The lowest BCUT2D eigenvalue weighted by Gasteiger charge is -2.21. The molecule has 0 saturated carbocycles. The van der Waals surface area contributed by atoms with Crippen LogP contribution in [-0.2, 0) is 33.9 Å². The molecule has 0 bridgehead atoms. The molecule has 174 valence electrons. The minimum atomic E-state index is -0.964. The van der Waals surface area contributed by atoms with Gasteiger partial charge in [-0.15, -0.1) is 0 Å². The van der Waals surface area contributed by atoms with Gasteiger partial charge < -0.3 is 19.5 Å². The second kappa shape index (κ2) is 10.6. The summed E-state index contributed by atoms with van der Waals surface area (Å²) in [5.74, 6) is -0.676. The zero-order valence-electron chi connectivity index (χ0n) is 18.1. The third-order valence-electron chi connectivity index (χ3n) is 5.26. The van der Waals surface area contributed by atoms with Gasteiger partial charge in [0.2, 0.25) is 0 Å². The Labute approximate surface area is 195 Å². The van der Waals surface area contributed by atoms with Gasteiger partial charge in [-0.1, -0.05) is 48.5 Å². The Balaban J connectivity index is 1.53. The standard InChI is InChI=1S/C25H22N2O7/c28-24(18-9-5-2-6-10-18)26-22(11-17-7-3-1-4-8-17)25(29)33-15-20-13-21(27(30)31)12-19-14-32-16-34-23(19)20/h1-10,12-13,22H,11,14-16H2,(H,26,28)/t22-/m0/s1. The summed E-state index contributed by atoms with van der Waals surface area (Å²) in [4.78, 5) is 36.5. The van der Waals surface area contributed by atoms with Gasteiger partial charge >= 0.3 is 5.97 Å². The molecule has 3 aromatic carbocycles. The number of rotatable bonds is 8. The van der Waals surface area contributed by atoms with Gasteiger partial charge in [-0.25, -0.2) is 4.79 Å². The van der Waals surface area contributed by atoms with Gasteiger partial charge in [-0.3, -0.25) is 14.9 Å². The Hall–Kier alpha value is -4.24. The molecule has 1 aliphatic rings. The van der Waals surface area contributed by atoms with Crippen LogP contribution in [0.4, 0.5) is 5.69 Å². The number of nitro groups is 1. The van der Waals surface area contributed by atoms with Crippen molar-refractivity contribution in [1.82, 2.24) is 5.32 Å². The van der Waals surface area contributed by atoms with E-state index < -0.39 is 22.8 Å². The Morgan fingerprint density at radius 2 is 1.76 bits per heavy atom. The number of carbonyl (C=O) groups excluding carboxylic acids is 2. The number of fused-ring (bicyclic) bond motifs is 1. The Kier molecular flexibility index (Phi) is 7.14. The van der Waals surface area contributed by atoms with Crippen molar-refractivity contribution in [1.29, 1.82) is 0 Å². The lowest BCUT2D eigenvalue weighted by atomic mass is 10.0. The topological polar surface area (TPSA) is 117 Å². The highest BCUT2D eigenvalue weighted by Crippen LogP contribution is 2.33. The predicted molar refractivity (Wildman–Crippen MR) is 121 cm³/mol. The average molecular weight is 462 g/mol. The summed E-state index contributed by atoms with van der Waals surface area (Å²) in [6.07, 6.45) is 0.218. The highest BCUT2D eigenvalue weighted by molar-refractivity contribution is 5.96. The van der Waals surface area contributed by atoms with Crippen LogP contribution in [0, 0.1) is 10.1 Å². The molecule has 1 atom stereocenters. The van der Waals surface area contributed by atoms with Crippen LogP contribution in [0.25, 0.3) is 0 Å². The van der Waals surface area contributed by atoms with Crippen molar-refractivity contribution in [2.75, 3.05) is 6.79 Å². The van der Waals surface area contributed by atoms with Crippen LogP contribution in [-0.4, -0.2) is 29.6 Å². The maximum absolute atomic E-state index is 13.0. The van der Waals surface area contributed by atoms with Crippen LogP contribution in [0.1, 0.15) is 27.0 Å². The summed E-state index contributed by atoms with van der Waals surface area (Å²) in [6, 6.07) is 19.5. The summed E-state index contributed by atoms with van der Waals surface area (Å²) in [7, 11) is 0. The number of nitrogens with zero attached hydrogens (tertiary/aromatic N) is 1. The molecule has 1 amide bonds. The lowest BCUT2D eigenvalue weighted by molar-refractivity contribution is -0.385. The first-order valence-corrected chi connectivity index (χ1v) is 10.6. The molecule has 0 spiro atoms. The van der Waals surface area contributed by atoms with Crippen LogP contribution in [0.3, 0.4) is 0 Å². The molecule has 1 N–H and O–H groups in total. The summed E-state index contributed by atoms with van der Waals surface area (Å²) < 4.78 is 16.2. The van der Waals surface area contributed by atoms with Gasteiger partial charge in [-0.05, 0) is 17.7 Å². The van der Waals surface area contributed by atoms with E-state index >= 15 is 0 Å². The predicted octanol–water partition coefficient (Wildman–Crippen LogP) is 3.55. The lowest BCUT2D eigenvalue weighted by Crippen LogP contribution is -2.43. The van der Waals surface area contributed by atoms with Crippen molar-refractivity contribution in [2.45, 2.75) is 25.7 Å². The molecule has 0 saturated heterocycles.